The lowest BCUT2D eigenvalue weighted by molar-refractivity contribution is 0.283. The topological polar surface area (TPSA) is 72.3 Å². The van der Waals surface area contributed by atoms with E-state index in [2.05, 4.69) is 4.98 Å². The van der Waals surface area contributed by atoms with Gasteiger partial charge >= 0.3 is 0 Å². The van der Waals surface area contributed by atoms with Crippen LogP contribution in [0.1, 0.15) is 18.7 Å². The Morgan fingerprint density at radius 2 is 2.20 bits per heavy atom. The molecule has 0 unspecified atom stereocenters. The van der Waals surface area contributed by atoms with Crippen LogP contribution in [-0.2, 0) is 6.42 Å². The van der Waals surface area contributed by atoms with Crippen LogP contribution in [0.25, 0.3) is 11.1 Å². The third kappa shape index (κ3) is 2.10. The molecule has 4 nitrogen and oxygen atoms in total. The zero-order valence-electron chi connectivity index (χ0n) is 8.44. The summed E-state index contributed by atoms with van der Waals surface area (Å²) < 4.78 is 5.52. The van der Waals surface area contributed by atoms with Gasteiger partial charge in [0.1, 0.15) is 5.52 Å². The van der Waals surface area contributed by atoms with Gasteiger partial charge in [0, 0.05) is 13.0 Å². The van der Waals surface area contributed by atoms with Crippen LogP contribution in [0.5, 0.6) is 0 Å². The number of oxazole rings is 1. The van der Waals surface area contributed by atoms with Crippen molar-refractivity contribution in [1.29, 1.82) is 0 Å². The Balaban J connectivity index is 2.20. The van der Waals surface area contributed by atoms with Gasteiger partial charge in [-0.15, -0.1) is 0 Å². The van der Waals surface area contributed by atoms with Crippen LogP contribution in [0.2, 0.25) is 0 Å². The van der Waals surface area contributed by atoms with E-state index in [-0.39, 0.29) is 6.61 Å². The highest BCUT2D eigenvalue weighted by atomic mass is 16.3. The number of anilines is 1. The van der Waals surface area contributed by atoms with Crippen LogP contribution in [-0.4, -0.2) is 16.7 Å². The molecule has 0 radical (unpaired) electrons. The summed E-state index contributed by atoms with van der Waals surface area (Å²) in [5.41, 5.74) is 7.87. The van der Waals surface area contributed by atoms with Crippen molar-refractivity contribution in [2.75, 3.05) is 12.3 Å². The number of unbranched alkanes of at least 4 members (excludes halogenated alkanes) is 1. The Hall–Kier alpha value is -1.55. The molecule has 3 N–H and O–H groups in total. The summed E-state index contributed by atoms with van der Waals surface area (Å²) in [4.78, 5) is 4.31. The fourth-order valence-corrected chi connectivity index (χ4v) is 1.51. The van der Waals surface area contributed by atoms with Crippen LogP contribution in [0, 0.1) is 0 Å². The molecular weight excluding hydrogens is 192 g/mol. The number of aliphatic hydroxyl groups is 1. The lowest BCUT2D eigenvalue weighted by Crippen LogP contribution is -1.89. The Labute approximate surface area is 87.7 Å². The predicted octanol–water partition coefficient (Wildman–Crippen LogP) is 1.72. The normalized spacial score (nSPS) is 11.0. The number of nitrogens with two attached hydrogens (primary N) is 1. The molecule has 0 spiro atoms. The molecule has 1 aromatic carbocycles. The molecule has 2 rings (SSSR count). The van der Waals surface area contributed by atoms with Gasteiger partial charge in [0.05, 0.1) is 5.69 Å². The van der Waals surface area contributed by atoms with Gasteiger partial charge in [-0.25, -0.2) is 4.98 Å². The number of nitrogens with zero attached hydrogens (tertiary/aromatic N) is 1. The number of hydrogen-bond donors (Lipinski definition) is 2. The van der Waals surface area contributed by atoms with Crippen molar-refractivity contribution in [3.63, 3.8) is 0 Å². The van der Waals surface area contributed by atoms with E-state index in [9.17, 15) is 0 Å². The Morgan fingerprint density at radius 1 is 1.33 bits per heavy atom. The molecule has 2 aromatic rings. The molecule has 0 aliphatic carbocycles. The van der Waals surface area contributed by atoms with Crippen LogP contribution in [0.4, 0.5) is 5.69 Å². The van der Waals surface area contributed by atoms with E-state index < -0.39 is 0 Å². The summed E-state index contributed by atoms with van der Waals surface area (Å²) in [6.07, 6.45) is 2.39. The predicted molar refractivity (Wildman–Crippen MR) is 58.4 cm³/mol. The van der Waals surface area contributed by atoms with Crippen LogP contribution < -0.4 is 5.73 Å². The van der Waals surface area contributed by atoms with E-state index in [1.54, 1.807) is 0 Å². The van der Waals surface area contributed by atoms with E-state index >= 15 is 0 Å². The maximum Gasteiger partial charge on any atom is 0.195 e. The lowest BCUT2D eigenvalue weighted by Gasteiger charge is -1.92. The quantitative estimate of drug-likeness (QED) is 0.590. The van der Waals surface area contributed by atoms with Gasteiger partial charge in [0.15, 0.2) is 11.5 Å². The standard InChI is InChI=1S/C11H14N2O2/c12-8-4-3-5-9-11(8)13-10(15-9)6-1-2-7-14/h3-5,14H,1-2,6-7,12H2. The summed E-state index contributed by atoms with van der Waals surface area (Å²) in [6, 6.07) is 5.51. The summed E-state index contributed by atoms with van der Waals surface area (Å²) in [5.74, 6) is 0.691. The highest BCUT2D eigenvalue weighted by molar-refractivity contribution is 5.85. The van der Waals surface area contributed by atoms with Crippen molar-refractivity contribution in [3.05, 3.63) is 24.1 Å². The van der Waals surface area contributed by atoms with Crippen LogP contribution in [0.3, 0.4) is 0 Å². The van der Waals surface area contributed by atoms with Gasteiger partial charge in [-0.2, -0.15) is 0 Å². The second-order valence-corrected chi connectivity index (χ2v) is 3.48. The first-order chi connectivity index (χ1) is 7.31. The number of aromatic nitrogens is 1. The number of hydrogen-bond acceptors (Lipinski definition) is 4. The first-order valence-electron chi connectivity index (χ1n) is 5.06. The minimum Gasteiger partial charge on any atom is -0.441 e. The molecule has 1 aromatic heterocycles. The zero-order valence-corrected chi connectivity index (χ0v) is 8.44. The van der Waals surface area contributed by atoms with Gasteiger partial charge in [0.25, 0.3) is 0 Å². The summed E-state index contributed by atoms with van der Waals surface area (Å²) >= 11 is 0. The third-order valence-electron chi connectivity index (χ3n) is 2.29. The smallest absolute Gasteiger partial charge is 0.195 e. The SMILES string of the molecule is Nc1cccc2oc(CCCCO)nc12. The largest absolute Gasteiger partial charge is 0.441 e. The number of rotatable bonds is 4. The molecular formula is C11H14N2O2. The lowest BCUT2D eigenvalue weighted by atomic mass is 10.2. The monoisotopic (exact) mass is 206 g/mol. The highest BCUT2D eigenvalue weighted by Crippen LogP contribution is 2.21. The number of benzene rings is 1. The van der Waals surface area contributed by atoms with E-state index in [4.69, 9.17) is 15.3 Å². The fourth-order valence-electron chi connectivity index (χ4n) is 1.51. The molecule has 0 saturated carbocycles. The second kappa shape index (κ2) is 4.31. The number of nitrogen functional groups attached to an aromatic ring is 1. The summed E-state index contributed by atoms with van der Waals surface area (Å²) in [5, 5.41) is 8.66. The van der Waals surface area contributed by atoms with Gasteiger partial charge in [-0.1, -0.05) is 6.07 Å². The Morgan fingerprint density at radius 3 is 2.93 bits per heavy atom. The third-order valence-corrected chi connectivity index (χ3v) is 2.29. The molecule has 15 heavy (non-hydrogen) atoms. The van der Waals surface area contributed by atoms with Crippen molar-refractivity contribution in [2.24, 2.45) is 0 Å². The molecule has 0 saturated heterocycles. The molecule has 0 atom stereocenters. The first-order valence-corrected chi connectivity index (χ1v) is 5.06. The molecule has 0 aliphatic heterocycles. The fraction of sp³-hybridized carbons (Fsp3) is 0.364. The van der Waals surface area contributed by atoms with E-state index in [0.29, 0.717) is 11.6 Å². The molecule has 80 valence electrons. The van der Waals surface area contributed by atoms with Crippen molar-refractivity contribution in [1.82, 2.24) is 4.98 Å². The van der Waals surface area contributed by atoms with E-state index in [1.807, 2.05) is 18.2 Å². The Kier molecular flexibility index (Phi) is 2.87. The van der Waals surface area contributed by atoms with Crippen molar-refractivity contribution in [3.8, 4) is 0 Å². The van der Waals surface area contributed by atoms with Crippen LogP contribution >= 0.6 is 0 Å². The summed E-state index contributed by atoms with van der Waals surface area (Å²) in [7, 11) is 0. The van der Waals surface area contributed by atoms with Gasteiger partial charge in [0.2, 0.25) is 0 Å². The average molecular weight is 206 g/mol. The average Bonchev–Trinajstić information content (AvgIpc) is 2.63. The molecule has 1 heterocycles. The number of para-hydroxylation sites is 1. The first kappa shape index (κ1) is 9.98. The van der Waals surface area contributed by atoms with Gasteiger partial charge in [-0.05, 0) is 25.0 Å². The Bertz CT molecular complexity index is 451. The van der Waals surface area contributed by atoms with Crippen molar-refractivity contribution < 1.29 is 9.52 Å². The molecule has 0 aliphatic rings. The van der Waals surface area contributed by atoms with Crippen LogP contribution in [0.15, 0.2) is 22.6 Å². The highest BCUT2D eigenvalue weighted by Gasteiger charge is 2.07. The van der Waals surface area contributed by atoms with Crippen molar-refractivity contribution in [2.45, 2.75) is 19.3 Å². The molecule has 0 amide bonds. The second-order valence-electron chi connectivity index (χ2n) is 3.48. The number of aliphatic hydroxyl groups excluding tert-OH is 1. The zero-order chi connectivity index (χ0) is 10.7. The molecule has 4 heteroatoms. The minimum atomic E-state index is 0.211. The maximum absolute atomic E-state index is 8.66. The van der Waals surface area contributed by atoms with Gasteiger partial charge < -0.3 is 15.3 Å². The molecule has 0 fully saturated rings. The number of aryl methyl sites for hydroxylation is 1. The van der Waals surface area contributed by atoms with E-state index in [0.717, 1.165) is 30.4 Å². The molecule has 0 bridgehead atoms. The minimum absolute atomic E-state index is 0.211. The van der Waals surface area contributed by atoms with E-state index in [1.165, 1.54) is 0 Å². The van der Waals surface area contributed by atoms with Gasteiger partial charge in [-0.3, -0.25) is 0 Å². The maximum atomic E-state index is 8.66. The summed E-state index contributed by atoms with van der Waals surface area (Å²) in [6.45, 7) is 0.211. The number of fused-ring (bicyclic) bond motifs is 1. The van der Waals surface area contributed by atoms with Crippen molar-refractivity contribution >= 4 is 16.8 Å².